The van der Waals surface area contributed by atoms with E-state index in [1.165, 1.54) is 51.4 Å². The molecule has 2 saturated heterocycles. The van der Waals surface area contributed by atoms with Crippen molar-refractivity contribution in [3.05, 3.63) is 18.0 Å². The van der Waals surface area contributed by atoms with E-state index in [-0.39, 0.29) is 5.91 Å². The molecule has 6 nitrogen and oxygen atoms in total. The zero-order valence-corrected chi connectivity index (χ0v) is 13.7. The van der Waals surface area contributed by atoms with E-state index in [2.05, 4.69) is 15.0 Å². The second-order valence-electron chi connectivity index (χ2n) is 7.10. The summed E-state index contributed by atoms with van der Waals surface area (Å²) < 4.78 is 4.95. The van der Waals surface area contributed by atoms with Crippen LogP contribution in [0.1, 0.15) is 42.7 Å². The monoisotopic (exact) mass is 318 g/mol. The lowest BCUT2D eigenvalue weighted by molar-refractivity contribution is -0.00418. The van der Waals surface area contributed by atoms with Crippen molar-refractivity contribution in [1.29, 1.82) is 0 Å². The maximum Gasteiger partial charge on any atom is 0.292 e. The summed E-state index contributed by atoms with van der Waals surface area (Å²) in [5.74, 6) is 0.324. The summed E-state index contributed by atoms with van der Waals surface area (Å²) in [6.07, 6.45) is 8.55. The molecule has 126 valence electrons. The third kappa shape index (κ3) is 3.15. The molecule has 1 aliphatic carbocycles. The van der Waals surface area contributed by atoms with E-state index >= 15 is 0 Å². The molecule has 3 aliphatic rings. The molecule has 1 aromatic heterocycles. The Morgan fingerprint density at radius 2 is 1.65 bits per heavy atom. The van der Waals surface area contributed by atoms with Gasteiger partial charge in [-0.15, -0.1) is 0 Å². The fraction of sp³-hybridized carbons (Fsp3) is 0.765. The summed E-state index contributed by atoms with van der Waals surface area (Å²) in [7, 11) is 0. The number of hydrogen-bond donors (Lipinski definition) is 0. The second-order valence-corrected chi connectivity index (χ2v) is 7.10. The molecule has 0 radical (unpaired) electrons. The number of carbonyl (C=O) groups is 1. The van der Waals surface area contributed by atoms with Crippen molar-refractivity contribution in [2.45, 2.75) is 44.2 Å². The average Bonchev–Trinajstić information content (AvgIpc) is 3.09. The molecule has 0 N–H and O–H groups in total. The van der Waals surface area contributed by atoms with Crippen LogP contribution in [0.5, 0.6) is 0 Å². The van der Waals surface area contributed by atoms with Crippen LogP contribution >= 0.6 is 0 Å². The van der Waals surface area contributed by atoms with Crippen LogP contribution in [0, 0.1) is 0 Å². The Morgan fingerprint density at radius 3 is 2.26 bits per heavy atom. The van der Waals surface area contributed by atoms with E-state index in [9.17, 15) is 4.79 Å². The summed E-state index contributed by atoms with van der Waals surface area (Å²) in [6, 6.07) is 2.99. The number of rotatable bonds is 3. The van der Waals surface area contributed by atoms with Crippen molar-refractivity contribution in [3.8, 4) is 0 Å². The van der Waals surface area contributed by atoms with Gasteiger partial charge in [0.15, 0.2) is 0 Å². The molecule has 1 amide bonds. The van der Waals surface area contributed by atoms with E-state index in [0.717, 1.165) is 32.2 Å². The van der Waals surface area contributed by atoms with Gasteiger partial charge in [0, 0.05) is 57.4 Å². The Labute approximate surface area is 137 Å². The number of nitrogens with zero attached hydrogens (tertiary/aromatic N) is 4. The van der Waals surface area contributed by atoms with Gasteiger partial charge in [0.25, 0.3) is 5.91 Å². The zero-order valence-electron chi connectivity index (χ0n) is 13.7. The maximum absolute atomic E-state index is 12.1. The first-order chi connectivity index (χ1) is 11.3. The Balaban J connectivity index is 1.22. The number of hydrogen-bond acceptors (Lipinski definition) is 5. The Bertz CT molecular complexity index is 513. The fourth-order valence-corrected chi connectivity index (χ4v) is 4.25. The molecular formula is C17H26N4O2. The SMILES string of the molecule is O=C(c1ccno1)N1CC(N2CCN(C3CCCCC3)CC2)C1. The number of carbonyl (C=O) groups excluding carboxylic acids is 1. The lowest BCUT2D eigenvalue weighted by Crippen LogP contribution is -2.64. The quantitative estimate of drug-likeness (QED) is 0.844. The first-order valence-corrected chi connectivity index (χ1v) is 8.99. The normalized spacial score (nSPS) is 25.5. The van der Waals surface area contributed by atoms with Crippen LogP contribution in [0.2, 0.25) is 0 Å². The third-order valence-electron chi connectivity index (χ3n) is 5.75. The molecule has 0 spiro atoms. The summed E-state index contributed by atoms with van der Waals surface area (Å²) in [5, 5.41) is 3.61. The highest BCUT2D eigenvalue weighted by molar-refractivity contribution is 5.91. The van der Waals surface area contributed by atoms with Gasteiger partial charge in [0.2, 0.25) is 5.76 Å². The van der Waals surface area contributed by atoms with Crippen molar-refractivity contribution in [1.82, 2.24) is 19.9 Å². The number of piperazine rings is 1. The summed E-state index contributed by atoms with van der Waals surface area (Å²) in [5.41, 5.74) is 0. The van der Waals surface area contributed by atoms with E-state index in [0.29, 0.717) is 11.8 Å². The molecule has 1 aromatic rings. The highest BCUT2D eigenvalue weighted by Gasteiger charge is 2.38. The van der Waals surface area contributed by atoms with Crippen molar-refractivity contribution in [2.24, 2.45) is 0 Å². The predicted octanol–water partition coefficient (Wildman–Crippen LogP) is 1.45. The van der Waals surface area contributed by atoms with Gasteiger partial charge in [0.1, 0.15) is 0 Å². The number of amides is 1. The van der Waals surface area contributed by atoms with Gasteiger partial charge < -0.3 is 9.42 Å². The molecule has 1 saturated carbocycles. The minimum Gasteiger partial charge on any atom is -0.351 e. The average molecular weight is 318 g/mol. The van der Waals surface area contributed by atoms with Crippen LogP contribution in [0.25, 0.3) is 0 Å². The first kappa shape index (κ1) is 15.1. The highest BCUT2D eigenvalue weighted by atomic mass is 16.5. The number of likely N-dealkylation sites (tertiary alicyclic amines) is 1. The molecule has 23 heavy (non-hydrogen) atoms. The van der Waals surface area contributed by atoms with Crippen molar-refractivity contribution in [2.75, 3.05) is 39.3 Å². The van der Waals surface area contributed by atoms with E-state index in [4.69, 9.17) is 4.52 Å². The molecule has 6 heteroatoms. The lowest BCUT2D eigenvalue weighted by Gasteiger charge is -2.49. The van der Waals surface area contributed by atoms with Gasteiger partial charge >= 0.3 is 0 Å². The van der Waals surface area contributed by atoms with Crippen LogP contribution < -0.4 is 0 Å². The molecule has 0 bridgehead atoms. The van der Waals surface area contributed by atoms with E-state index < -0.39 is 0 Å². The van der Waals surface area contributed by atoms with Gasteiger partial charge in [0.05, 0.1) is 6.20 Å². The van der Waals surface area contributed by atoms with Crippen molar-refractivity contribution >= 4 is 5.91 Å². The minimum atomic E-state index is -0.0282. The van der Waals surface area contributed by atoms with Gasteiger partial charge in [-0.3, -0.25) is 14.6 Å². The first-order valence-electron chi connectivity index (χ1n) is 8.99. The van der Waals surface area contributed by atoms with Crippen LogP contribution in [-0.2, 0) is 0 Å². The Morgan fingerprint density at radius 1 is 1.00 bits per heavy atom. The Hall–Kier alpha value is -1.40. The largest absolute Gasteiger partial charge is 0.351 e. The van der Waals surface area contributed by atoms with Crippen molar-refractivity contribution < 1.29 is 9.32 Å². The van der Waals surface area contributed by atoms with Crippen LogP contribution in [0.3, 0.4) is 0 Å². The molecule has 3 heterocycles. The molecule has 0 unspecified atom stereocenters. The van der Waals surface area contributed by atoms with Gasteiger partial charge in [-0.1, -0.05) is 24.4 Å². The standard InChI is InChI=1S/C17H26N4O2/c22-17(16-6-7-18-23-16)21-12-15(13-21)20-10-8-19(9-11-20)14-4-2-1-3-5-14/h6-7,14-15H,1-5,8-13H2. The predicted molar refractivity (Wildman–Crippen MR) is 86.2 cm³/mol. The smallest absolute Gasteiger partial charge is 0.292 e. The molecule has 0 atom stereocenters. The molecule has 2 aliphatic heterocycles. The third-order valence-corrected chi connectivity index (χ3v) is 5.75. The second kappa shape index (κ2) is 6.61. The van der Waals surface area contributed by atoms with Gasteiger partial charge in [-0.2, -0.15) is 0 Å². The summed E-state index contributed by atoms with van der Waals surface area (Å²) in [4.78, 5) is 19.3. The van der Waals surface area contributed by atoms with Crippen LogP contribution in [-0.4, -0.2) is 77.1 Å². The van der Waals surface area contributed by atoms with E-state index in [1.54, 1.807) is 6.07 Å². The maximum atomic E-state index is 12.1. The van der Waals surface area contributed by atoms with Gasteiger partial charge in [-0.05, 0) is 12.8 Å². The van der Waals surface area contributed by atoms with Gasteiger partial charge in [-0.25, -0.2) is 0 Å². The highest BCUT2D eigenvalue weighted by Crippen LogP contribution is 2.25. The van der Waals surface area contributed by atoms with E-state index in [1.807, 2.05) is 4.90 Å². The topological polar surface area (TPSA) is 52.8 Å². The van der Waals surface area contributed by atoms with Crippen LogP contribution in [0.15, 0.2) is 16.8 Å². The summed E-state index contributed by atoms with van der Waals surface area (Å²) >= 11 is 0. The molecule has 4 rings (SSSR count). The lowest BCUT2D eigenvalue weighted by atomic mass is 9.93. The molecular weight excluding hydrogens is 292 g/mol. The van der Waals surface area contributed by atoms with Crippen molar-refractivity contribution in [3.63, 3.8) is 0 Å². The Kier molecular flexibility index (Phi) is 4.35. The zero-order chi connectivity index (χ0) is 15.6. The number of aromatic nitrogens is 1. The summed E-state index contributed by atoms with van der Waals surface area (Å²) in [6.45, 7) is 6.32. The van der Waals surface area contributed by atoms with Crippen LogP contribution in [0.4, 0.5) is 0 Å². The molecule has 0 aromatic carbocycles. The molecule has 3 fully saturated rings. The fourth-order valence-electron chi connectivity index (χ4n) is 4.25. The minimum absolute atomic E-state index is 0.0282.